The molecule has 0 bridgehead atoms. The Morgan fingerprint density at radius 3 is 2.89 bits per heavy atom. The molecule has 0 amide bonds. The molecule has 0 fully saturated rings. The SMILES string of the molecule is C[Si](C)(C)CCOCN1CNc2cccc(C=O)c21. The molecule has 5 heteroatoms. The molecule has 0 atom stereocenters. The van der Waals surface area contributed by atoms with Crippen LogP contribution in [0.2, 0.25) is 25.7 Å². The molecule has 0 saturated heterocycles. The normalized spacial score (nSPS) is 14.2. The molecule has 1 aromatic rings. The predicted molar refractivity (Wildman–Crippen MR) is 81.8 cm³/mol. The van der Waals surface area contributed by atoms with Crippen LogP contribution in [0.3, 0.4) is 0 Å². The zero-order valence-electron chi connectivity index (χ0n) is 11.9. The standard InChI is InChI=1S/C14H22N2O2Si/c1-19(2,3)8-7-18-11-16-10-15-13-6-4-5-12(9-17)14(13)16/h4-6,9,15H,7-8,10-11H2,1-3H3. The molecule has 0 unspecified atom stereocenters. The molecular formula is C14H22N2O2Si. The van der Waals surface area contributed by atoms with E-state index in [-0.39, 0.29) is 0 Å². The van der Waals surface area contributed by atoms with Gasteiger partial charge in [0, 0.05) is 20.2 Å². The Morgan fingerprint density at radius 2 is 2.21 bits per heavy atom. The van der Waals surface area contributed by atoms with Crippen LogP contribution in [0.4, 0.5) is 11.4 Å². The topological polar surface area (TPSA) is 41.6 Å². The summed E-state index contributed by atoms with van der Waals surface area (Å²) in [6.07, 6.45) is 0.904. The van der Waals surface area contributed by atoms with Crippen molar-refractivity contribution in [2.24, 2.45) is 0 Å². The van der Waals surface area contributed by atoms with Crippen molar-refractivity contribution in [3.63, 3.8) is 0 Å². The van der Waals surface area contributed by atoms with E-state index in [1.807, 2.05) is 18.2 Å². The molecule has 0 radical (unpaired) electrons. The molecule has 0 aromatic heterocycles. The molecule has 2 rings (SSSR count). The van der Waals surface area contributed by atoms with E-state index in [2.05, 4.69) is 29.9 Å². The summed E-state index contributed by atoms with van der Waals surface area (Å²) in [7, 11) is -1.04. The largest absolute Gasteiger partial charge is 0.366 e. The van der Waals surface area contributed by atoms with Gasteiger partial charge in [-0.1, -0.05) is 25.7 Å². The molecule has 19 heavy (non-hydrogen) atoms. The Bertz CT molecular complexity index is 457. The molecule has 0 saturated carbocycles. The van der Waals surface area contributed by atoms with Gasteiger partial charge in [0.05, 0.1) is 18.0 Å². The summed E-state index contributed by atoms with van der Waals surface area (Å²) in [6, 6.07) is 6.89. The molecule has 0 aliphatic carbocycles. The highest BCUT2D eigenvalue weighted by molar-refractivity contribution is 6.76. The number of hydrogen-bond acceptors (Lipinski definition) is 4. The fraction of sp³-hybridized carbons (Fsp3) is 0.500. The second kappa shape index (κ2) is 5.75. The molecule has 1 N–H and O–H groups in total. The van der Waals surface area contributed by atoms with E-state index in [0.29, 0.717) is 13.4 Å². The van der Waals surface area contributed by atoms with Crippen LogP contribution in [0, 0.1) is 0 Å². The number of hydrogen-bond donors (Lipinski definition) is 1. The van der Waals surface area contributed by atoms with Crippen molar-refractivity contribution in [3.8, 4) is 0 Å². The highest BCUT2D eigenvalue weighted by Crippen LogP contribution is 2.33. The minimum atomic E-state index is -1.04. The zero-order valence-corrected chi connectivity index (χ0v) is 12.9. The van der Waals surface area contributed by atoms with Gasteiger partial charge in [0.1, 0.15) is 6.73 Å². The summed E-state index contributed by atoms with van der Waals surface area (Å²) in [4.78, 5) is 13.2. The summed E-state index contributed by atoms with van der Waals surface area (Å²) >= 11 is 0. The second-order valence-electron chi connectivity index (χ2n) is 6.08. The Hall–Kier alpha value is -1.33. The van der Waals surface area contributed by atoms with Crippen molar-refractivity contribution in [2.75, 3.05) is 30.2 Å². The van der Waals surface area contributed by atoms with E-state index in [0.717, 1.165) is 35.9 Å². The number of nitrogens with zero attached hydrogens (tertiary/aromatic N) is 1. The van der Waals surface area contributed by atoms with Gasteiger partial charge in [-0.25, -0.2) is 0 Å². The molecule has 1 aliphatic heterocycles. The van der Waals surface area contributed by atoms with Crippen LogP contribution >= 0.6 is 0 Å². The number of nitrogens with one attached hydrogen (secondary N) is 1. The molecule has 104 valence electrons. The Morgan fingerprint density at radius 1 is 1.42 bits per heavy atom. The highest BCUT2D eigenvalue weighted by atomic mass is 28.3. The second-order valence-corrected chi connectivity index (χ2v) is 11.7. The van der Waals surface area contributed by atoms with E-state index in [4.69, 9.17) is 4.74 Å². The van der Waals surface area contributed by atoms with Crippen LogP contribution in [0.15, 0.2) is 18.2 Å². The average molecular weight is 278 g/mol. The summed E-state index contributed by atoms with van der Waals surface area (Å²) in [5, 5.41) is 3.28. The minimum absolute atomic E-state index is 0.537. The lowest BCUT2D eigenvalue weighted by molar-refractivity contribution is 0.112. The van der Waals surface area contributed by atoms with Crippen molar-refractivity contribution in [1.29, 1.82) is 0 Å². The fourth-order valence-corrected chi connectivity index (χ4v) is 2.83. The Kier molecular flexibility index (Phi) is 4.26. The van der Waals surface area contributed by atoms with Crippen LogP contribution in [-0.2, 0) is 4.74 Å². The molecule has 1 aromatic carbocycles. The first-order valence-electron chi connectivity index (χ1n) is 6.66. The Balaban J connectivity index is 1.93. The van der Waals surface area contributed by atoms with Gasteiger partial charge in [0.2, 0.25) is 0 Å². The van der Waals surface area contributed by atoms with E-state index >= 15 is 0 Å². The lowest BCUT2D eigenvalue weighted by Gasteiger charge is -2.21. The van der Waals surface area contributed by atoms with Gasteiger partial charge >= 0.3 is 0 Å². The monoisotopic (exact) mass is 278 g/mol. The zero-order chi connectivity index (χ0) is 13.9. The lowest BCUT2D eigenvalue weighted by atomic mass is 10.1. The van der Waals surface area contributed by atoms with Crippen LogP contribution in [0.25, 0.3) is 0 Å². The first kappa shape index (κ1) is 14.1. The first-order valence-corrected chi connectivity index (χ1v) is 10.4. The van der Waals surface area contributed by atoms with Crippen LogP contribution in [0.1, 0.15) is 10.4 Å². The molecular weight excluding hydrogens is 256 g/mol. The number of para-hydroxylation sites is 1. The summed E-state index contributed by atoms with van der Waals surface area (Å²) < 4.78 is 5.75. The van der Waals surface area contributed by atoms with E-state index in [1.165, 1.54) is 0 Å². The number of ether oxygens (including phenoxy) is 1. The minimum Gasteiger partial charge on any atom is -0.366 e. The van der Waals surface area contributed by atoms with Gasteiger partial charge in [-0.15, -0.1) is 0 Å². The fourth-order valence-electron chi connectivity index (χ4n) is 2.07. The highest BCUT2D eigenvalue weighted by Gasteiger charge is 2.21. The quantitative estimate of drug-likeness (QED) is 0.493. The molecule has 1 heterocycles. The van der Waals surface area contributed by atoms with Crippen LogP contribution < -0.4 is 10.2 Å². The van der Waals surface area contributed by atoms with E-state index in [9.17, 15) is 4.79 Å². The van der Waals surface area contributed by atoms with Crippen molar-refractivity contribution >= 4 is 25.7 Å². The van der Waals surface area contributed by atoms with Gasteiger partial charge in [-0.05, 0) is 18.2 Å². The third-order valence-electron chi connectivity index (χ3n) is 3.21. The first-order chi connectivity index (χ1) is 9.01. The maximum Gasteiger partial charge on any atom is 0.152 e. The molecule has 4 nitrogen and oxygen atoms in total. The maximum atomic E-state index is 11.1. The average Bonchev–Trinajstić information content (AvgIpc) is 2.77. The van der Waals surface area contributed by atoms with Crippen molar-refractivity contribution in [1.82, 2.24) is 0 Å². The number of rotatable bonds is 6. The smallest absolute Gasteiger partial charge is 0.152 e. The van der Waals surface area contributed by atoms with Crippen LogP contribution in [0.5, 0.6) is 0 Å². The van der Waals surface area contributed by atoms with Gasteiger partial charge in [0.25, 0.3) is 0 Å². The summed E-state index contributed by atoms with van der Waals surface area (Å²) in [5.41, 5.74) is 2.69. The van der Waals surface area contributed by atoms with Crippen molar-refractivity contribution in [3.05, 3.63) is 23.8 Å². The predicted octanol–water partition coefficient (Wildman–Crippen LogP) is 3.00. The van der Waals surface area contributed by atoms with Gasteiger partial charge in [0.15, 0.2) is 6.29 Å². The van der Waals surface area contributed by atoms with Crippen LogP contribution in [-0.4, -0.2) is 34.4 Å². The van der Waals surface area contributed by atoms with E-state index in [1.54, 1.807) is 0 Å². The summed E-state index contributed by atoms with van der Waals surface area (Å²) in [6.45, 7) is 9.06. The number of benzene rings is 1. The summed E-state index contributed by atoms with van der Waals surface area (Å²) in [5.74, 6) is 0. The third-order valence-corrected chi connectivity index (χ3v) is 4.92. The number of aldehydes is 1. The van der Waals surface area contributed by atoms with Gasteiger partial charge in [-0.2, -0.15) is 0 Å². The number of carbonyl (C=O) groups is 1. The number of carbonyl (C=O) groups excluding carboxylic acids is 1. The number of fused-ring (bicyclic) bond motifs is 1. The molecule has 1 aliphatic rings. The molecule has 0 spiro atoms. The van der Waals surface area contributed by atoms with E-state index < -0.39 is 8.07 Å². The number of anilines is 2. The lowest BCUT2D eigenvalue weighted by Crippen LogP contribution is -2.28. The van der Waals surface area contributed by atoms with Gasteiger partial charge < -0.3 is 15.0 Å². The van der Waals surface area contributed by atoms with Crippen molar-refractivity contribution < 1.29 is 9.53 Å². The Labute approximate surface area is 115 Å². The van der Waals surface area contributed by atoms with Crippen molar-refractivity contribution in [2.45, 2.75) is 25.7 Å². The van der Waals surface area contributed by atoms with Gasteiger partial charge in [-0.3, -0.25) is 4.79 Å². The third kappa shape index (κ3) is 3.58. The maximum absolute atomic E-state index is 11.1.